The maximum Gasteiger partial charge on any atom is 0.286 e. The largest absolute Gasteiger partial charge is 0.395 e. The second-order valence-electron chi connectivity index (χ2n) is 12.7. The zero-order valence-electron chi connectivity index (χ0n) is 31.7. The van der Waals surface area contributed by atoms with Crippen LogP contribution >= 0.6 is 21.6 Å². The van der Waals surface area contributed by atoms with E-state index in [9.17, 15) is 30.0 Å². The summed E-state index contributed by atoms with van der Waals surface area (Å²) in [5.74, 6) is 1.41. The summed E-state index contributed by atoms with van der Waals surface area (Å²) in [4.78, 5) is 28.8. The molecule has 2 heterocycles. The van der Waals surface area contributed by atoms with Gasteiger partial charge in [-0.2, -0.15) is 9.13 Å². The van der Waals surface area contributed by atoms with Crippen LogP contribution in [-0.4, -0.2) is 109 Å². The third kappa shape index (κ3) is 16.2. The van der Waals surface area contributed by atoms with Crippen LogP contribution in [0.25, 0.3) is 24.3 Å². The smallest absolute Gasteiger partial charge is 0.286 e. The van der Waals surface area contributed by atoms with Gasteiger partial charge in [0.05, 0.1) is 26.4 Å². The molecule has 0 atom stereocenters. The number of amides is 2. The molecule has 0 aliphatic heterocycles. The van der Waals surface area contributed by atoms with Gasteiger partial charge in [-0.1, -0.05) is 70.2 Å². The Morgan fingerprint density at radius 2 is 0.804 bits per heavy atom. The lowest BCUT2D eigenvalue weighted by Gasteiger charge is -2.22. The first-order chi connectivity index (χ1) is 27.4. The molecular formula is C42H54N6O6S2+2. The van der Waals surface area contributed by atoms with Crippen LogP contribution < -0.4 is 29.6 Å². The van der Waals surface area contributed by atoms with Gasteiger partial charge < -0.3 is 40.9 Å². The van der Waals surface area contributed by atoms with E-state index in [0.29, 0.717) is 39.3 Å². The zero-order valence-corrected chi connectivity index (χ0v) is 33.3. The van der Waals surface area contributed by atoms with Crippen molar-refractivity contribution in [2.75, 3.05) is 87.0 Å². The number of carbonyl (C=O) groups excluding carboxylic acids is 2. The quantitative estimate of drug-likeness (QED) is 0.0335. The van der Waals surface area contributed by atoms with Crippen LogP contribution in [0.4, 0.5) is 11.4 Å². The molecule has 0 spiro atoms. The van der Waals surface area contributed by atoms with Crippen molar-refractivity contribution in [3.63, 3.8) is 0 Å². The predicted octanol–water partition coefficient (Wildman–Crippen LogP) is 2.50. The van der Waals surface area contributed by atoms with E-state index in [-0.39, 0.29) is 51.3 Å². The van der Waals surface area contributed by atoms with Gasteiger partial charge in [-0.3, -0.25) is 9.59 Å². The molecule has 0 radical (unpaired) electrons. The van der Waals surface area contributed by atoms with Crippen LogP contribution in [0, 0.1) is 0 Å². The van der Waals surface area contributed by atoms with Gasteiger partial charge in [0, 0.05) is 86.4 Å². The van der Waals surface area contributed by atoms with E-state index >= 15 is 0 Å². The molecular weight excluding hydrogens is 749 g/mol. The molecule has 4 aromatic rings. The minimum atomic E-state index is -0.0539. The number of pyridine rings is 2. The zero-order chi connectivity index (χ0) is 39.8. The van der Waals surface area contributed by atoms with E-state index in [1.54, 1.807) is 21.6 Å². The highest BCUT2D eigenvalue weighted by Crippen LogP contribution is 2.20. The summed E-state index contributed by atoms with van der Waals surface area (Å²) in [5.41, 5.74) is 5.99. The van der Waals surface area contributed by atoms with E-state index in [1.165, 1.54) is 0 Å². The maximum absolute atomic E-state index is 12.4. The topological polar surface area (TPSA) is 153 Å². The van der Waals surface area contributed by atoms with Crippen LogP contribution in [0.15, 0.2) is 97.6 Å². The fourth-order valence-corrected chi connectivity index (χ4v) is 7.41. The lowest BCUT2D eigenvalue weighted by atomic mass is 10.1. The number of benzene rings is 2. The first-order valence-electron chi connectivity index (χ1n) is 18.7. The number of nitrogens with zero attached hydrogens (tertiary/aromatic N) is 4. The van der Waals surface area contributed by atoms with Crippen LogP contribution in [0.3, 0.4) is 0 Å². The summed E-state index contributed by atoms with van der Waals surface area (Å²) in [6, 6.07) is 23.7. The molecule has 298 valence electrons. The van der Waals surface area contributed by atoms with Crippen LogP contribution in [0.2, 0.25) is 0 Å². The number of carbonyl (C=O) groups is 2. The van der Waals surface area contributed by atoms with E-state index in [1.807, 2.05) is 141 Å². The Hall–Kier alpha value is -4.70. The molecule has 14 heteroatoms. The van der Waals surface area contributed by atoms with Gasteiger partial charge in [0.2, 0.25) is 13.1 Å². The molecule has 0 aliphatic rings. The molecule has 12 nitrogen and oxygen atoms in total. The molecule has 0 saturated heterocycles. The van der Waals surface area contributed by atoms with Gasteiger partial charge in [0.15, 0.2) is 24.8 Å². The third-order valence-electron chi connectivity index (χ3n) is 8.52. The Balaban J connectivity index is 1.04. The van der Waals surface area contributed by atoms with Crippen molar-refractivity contribution in [2.24, 2.45) is 0 Å². The molecule has 2 aromatic carbocycles. The highest BCUT2D eigenvalue weighted by atomic mass is 33.1. The minimum absolute atomic E-state index is 0.0271. The predicted molar refractivity (Wildman–Crippen MR) is 228 cm³/mol. The molecule has 4 rings (SSSR count). The third-order valence-corrected chi connectivity index (χ3v) is 10.9. The fourth-order valence-electron chi connectivity index (χ4n) is 5.60. The summed E-state index contributed by atoms with van der Waals surface area (Å²) in [6.07, 6.45) is 15.6. The lowest BCUT2D eigenvalue weighted by molar-refractivity contribution is -0.684. The Labute approximate surface area is 337 Å². The first kappa shape index (κ1) is 44.0. The lowest BCUT2D eigenvalue weighted by Crippen LogP contribution is -2.43. The van der Waals surface area contributed by atoms with Crippen molar-refractivity contribution >= 4 is 69.1 Å². The summed E-state index contributed by atoms with van der Waals surface area (Å²) in [6.45, 7) is 3.58. The van der Waals surface area contributed by atoms with Crippen LogP contribution in [0.5, 0.6) is 0 Å². The monoisotopic (exact) mass is 802 g/mol. The SMILES string of the molecule is O=C(C[n+]1ccc(C=Cc2ccc(N(CCO)CCO)cc2)cc1)NCCSSCCNC(=O)C[n+]1ccc(C=Cc2ccc(N(CCO)CCO)cc2)cc1. The Morgan fingerprint density at radius 1 is 0.500 bits per heavy atom. The Bertz CT molecular complexity index is 1650. The van der Waals surface area contributed by atoms with Crippen molar-refractivity contribution in [3.05, 3.63) is 120 Å². The van der Waals surface area contributed by atoms with E-state index in [4.69, 9.17) is 0 Å². The number of anilines is 2. The van der Waals surface area contributed by atoms with E-state index in [0.717, 1.165) is 45.1 Å². The molecule has 2 amide bonds. The fraction of sp³-hybridized carbons (Fsp3) is 0.333. The molecule has 6 N–H and O–H groups in total. The van der Waals surface area contributed by atoms with E-state index in [2.05, 4.69) is 10.6 Å². The van der Waals surface area contributed by atoms with E-state index < -0.39 is 0 Å². The Kier molecular flexibility index (Phi) is 20.0. The standard InChI is InChI=1S/C42H52N6O6S2/c49-27-23-47(24-28-50)39-9-5-35(6-10-39)1-3-37-13-19-45(20-14-37)33-41(53)43-17-31-55-56-32-18-44-42(54)34-46-21-15-38(16-22-46)4-2-36-7-11-40(12-8-36)48(25-29-51)26-30-52/h1-16,19-22,49-52H,17-18,23-34H2/p+2. The van der Waals surface area contributed by atoms with Gasteiger partial charge in [-0.05, 0) is 46.5 Å². The summed E-state index contributed by atoms with van der Waals surface area (Å²) >= 11 is 0. The summed E-state index contributed by atoms with van der Waals surface area (Å²) < 4.78 is 3.68. The molecule has 0 saturated carbocycles. The number of hydrogen-bond acceptors (Lipinski definition) is 10. The van der Waals surface area contributed by atoms with Crippen molar-refractivity contribution in [1.82, 2.24) is 10.6 Å². The van der Waals surface area contributed by atoms with Crippen LogP contribution in [0.1, 0.15) is 22.3 Å². The second-order valence-corrected chi connectivity index (χ2v) is 15.4. The maximum atomic E-state index is 12.4. The molecule has 0 aliphatic carbocycles. The van der Waals surface area contributed by atoms with Crippen molar-refractivity contribution in [3.8, 4) is 0 Å². The molecule has 0 unspecified atom stereocenters. The first-order valence-corrected chi connectivity index (χ1v) is 21.1. The minimum Gasteiger partial charge on any atom is -0.395 e. The van der Waals surface area contributed by atoms with Gasteiger partial charge >= 0.3 is 0 Å². The summed E-state index contributed by atoms with van der Waals surface area (Å²) in [5, 5.41) is 42.9. The Morgan fingerprint density at radius 3 is 1.11 bits per heavy atom. The van der Waals surface area contributed by atoms with Crippen molar-refractivity contribution < 1.29 is 39.1 Å². The highest BCUT2D eigenvalue weighted by molar-refractivity contribution is 8.76. The molecule has 0 bridgehead atoms. The number of rotatable bonds is 25. The highest BCUT2D eigenvalue weighted by Gasteiger charge is 2.11. The average molecular weight is 803 g/mol. The number of aliphatic hydroxyl groups excluding tert-OH is 4. The van der Waals surface area contributed by atoms with Gasteiger partial charge in [0.1, 0.15) is 0 Å². The summed E-state index contributed by atoms with van der Waals surface area (Å²) in [7, 11) is 3.32. The number of aliphatic hydroxyl groups is 4. The van der Waals surface area contributed by atoms with Gasteiger partial charge in [-0.15, -0.1) is 0 Å². The number of aromatic nitrogens is 2. The normalized spacial score (nSPS) is 11.3. The number of hydrogen-bond donors (Lipinski definition) is 6. The van der Waals surface area contributed by atoms with Crippen LogP contribution in [-0.2, 0) is 22.7 Å². The second kappa shape index (κ2) is 25.5. The number of nitrogens with one attached hydrogen (secondary N) is 2. The average Bonchev–Trinajstić information content (AvgIpc) is 3.21. The molecule has 2 aromatic heterocycles. The van der Waals surface area contributed by atoms with Crippen molar-refractivity contribution in [1.29, 1.82) is 0 Å². The van der Waals surface area contributed by atoms with Crippen molar-refractivity contribution in [2.45, 2.75) is 13.1 Å². The molecule has 56 heavy (non-hydrogen) atoms. The van der Waals surface area contributed by atoms with Gasteiger partial charge in [-0.25, -0.2) is 0 Å². The molecule has 0 fully saturated rings. The van der Waals surface area contributed by atoms with Gasteiger partial charge in [0.25, 0.3) is 11.8 Å².